The predicted octanol–water partition coefficient (Wildman–Crippen LogP) is 2.36. The Balaban J connectivity index is 2.90. The second-order valence-corrected chi connectivity index (χ2v) is 9.12. The van der Waals surface area contributed by atoms with Crippen molar-refractivity contribution < 1.29 is 24.2 Å². The molecular weight excluding hydrogens is 329 g/mol. The highest BCUT2D eigenvalue weighted by molar-refractivity contribution is 7.57. The van der Waals surface area contributed by atoms with E-state index in [0.717, 1.165) is 5.56 Å². The molecule has 0 radical (unpaired) electrons. The minimum Gasteiger partial charge on any atom is -0.480 e. The van der Waals surface area contributed by atoms with E-state index in [2.05, 4.69) is 5.32 Å². The third kappa shape index (κ3) is 7.75. The third-order valence-electron chi connectivity index (χ3n) is 3.58. The molecule has 0 aliphatic rings. The lowest BCUT2D eigenvalue weighted by Gasteiger charge is -2.22. The van der Waals surface area contributed by atoms with Crippen LogP contribution in [0, 0.1) is 11.8 Å². The van der Waals surface area contributed by atoms with E-state index >= 15 is 0 Å². The topological polar surface area (TPSA) is 104 Å². The molecule has 0 aliphatic heterocycles. The molecule has 1 aromatic carbocycles. The van der Waals surface area contributed by atoms with Crippen molar-refractivity contribution in [3.05, 3.63) is 35.9 Å². The van der Waals surface area contributed by atoms with E-state index in [4.69, 9.17) is 0 Å². The number of hydrogen-bond acceptors (Lipinski definition) is 3. The number of carboxylic acid groups (broad SMARTS) is 1. The first-order valence-corrected chi connectivity index (χ1v) is 10.2. The summed E-state index contributed by atoms with van der Waals surface area (Å²) >= 11 is 0. The smallest absolute Gasteiger partial charge is 0.326 e. The molecule has 0 saturated heterocycles. The largest absolute Gasteiger partial charge is 0.480 e. The van der Waals surface area contributed by atoms with Gasteiger partial charge in [0.15, 0.2) is 7.37 Å². The summed E-state index contributed by atoms with van der Waals surface area (Å²) in [4.78, 5) is 33.5. The molecule has 1 rings (SSSR count). The normalized spacial score (nSPS) is 16.2. The molecule has 2 unspecified atom stereocenters. The van der Waals surface area contributed by atoms with Crippen LogP contribution in [-0.4, -0.2) is 40.7 Å². The van der Waals surface area contributed by atoms with E-state index < -0.39 is 31.2 Å². The van der Waals surface area contributed by atoms with Crippen LogP contribution in [0.2, 0.25) is 0 Å². The molecule has 0 aliphatic carbocycles. The fourth-order valence-corrected chi connectivity index (χ4v) is 3.64. The fraction of sp³-hybridized carbons (Fsp3) is 0.529. The van der Waals surface area contributed by atoms with Crippen LogP contribution in [0.1, 0.15) is 25.8 Å². The molecule has 0 saturated carbocycles. The number of aliphatic carboxylic acids is 1. The Morgan fingerprint density at radius 2 is 1.79 bits per heavy atom. The van der Waals surface area contributed by atoms with E-state index in [1.165, 1.54) is 6.66 Å². The maximum absolute atomic E-state index is 12.5. The van der Waals surface area contributed by atoms with Gasteiger partial charge in [0, 0.05) is 12.8 Å². The number of carbonyl (C=O) groups is 2. The summed E-state index contributed by atoms with van der Waals surface area (Å²) in [5.41, 5.74) is 0.863. The molecule has 0 heterocycles. The summed E-state index contributed by atoms with van der Waals surface area (Å²) in [6.07, 6.45) is 0.420. The zero-order valence-electron chi connectivity index (χ0n) is 14.3. The molecule has 7 heteroatoms. The van der Waals surface area contributed by atoms with E-state index in [1.54, 1.807) is 0 Å². The molecule has 0 aromatic heterocycles. The zero-order valence-corrected chi connectivity index (χ0v) is 15.2. The molecule has 6 nitrogen and oxygen atoms in total. The predicted molar refractivity (Wildman–Crippen MR) is 93.3 cm³/mol. The maximum atomic E-state index is 12.5. The number of amides is 1. The minimum absolute atomic E-state index is 0.106. The second kappa shape index (κ2) is 9.00. The van der Waals surface area contributed by atoms with Crippen molar-refractivity contribution in [2.45, 2.75) is 32.7 Å². The van der Waals surface area contributed by atoms with Gasteiger partial charge in [-0.2, -0.15) is 0 Å². The van der Waals surface area contributed by atoms with E-state index in [9.17, 15) is 24.2 Å². The maximum Gasteiger partial charge on any atom is 0.326 e. The van der Waals surface area contributed by atoms with Crippen molar-refractivity contribution in [1.82, 2.24) is 5.32 Å². The van der Waals surface area contributed by atoms with Gasteiger partial charge < -0.3 is 15.3 Å². The highest BCUT2D eigenvalue weighted by atomic mass is 31.2. The van der Waals surface area contributed by atoms with Gasteiger partial charge in [-0.15, -0.1) is 0 Å². The molecule has 1 aromatic rings. The quantitative estimate of drug-likeness (QED) is 0.590. The second-order valence-electron chi connectivity index (χ2n) is 6.65. The number of carbonyl (C=O) groups excluding carboxylic acids is 1. The Hall–Kier alpha value is -1.65. The lowest BCUT2D eigenvalue weighted by molar-refractivity contribution is -0.142. The molecule has 0 bridgehead atoms. The van der Waals surface area contributed by atoms with Crippen molar-refractivity contribution in [1.29, 1.82) is 0 Å². The molecular formula is C17H26NO5P. The van der Waals surface area contributed by atoms with Crippen LogP contribution in [0.25, 0.3) is 0 Å². The average molecular weight is 355 g/mol. The number of rotatable bonds is 9. The number of benzene rings is 1. The van der Waals surface area contributed by atoms with Crippen molar-refractivity contribution in [3.8, 4) is 0 Å². The van der Waals surface area contributed by atoms with E-state index in [0.29, 0.717) is 12.8 Å². The van der Waals surface area contributed by atoms with Crippen LogP contribution in [0.4, 0.5) is 0 Å². The lowest BCUT2D eigenvalue weighted by atomic mass is 9.98. The fourth-order valence-electron chi connectivity index (χ4n) is 2.53. The van der Waals surface area contributed by atoms with Crippen LogP contribution in [-0.2, 0) is 20.6 Å². The van der Waals surface area contributed by atoms with Gasteiger partial charge >= 0.3 is 5.97 Å². The summed E-state index contributed by atoms with van der Waals surface area (Å²) in [6, 6.07) is 8.17. The van der Waals surface area contributed by atoms with E-state index in [-0.39, 0.29) is 12.1 Å². The Kier molecular flexibility index (Phi) is 7.64. The summed E-state index contributed by atoms with van der Waals surface area (Å²) in [7, 11) is -3.42. The van der Waals surface area contributed by atoms with Gasteiger partial charge in [0.1, 0.15) is 6.04 Å². The van der Waals surface area contributed by atoms with Gasteiger partial charge in [-0.05, 0) is 24.3 Å². The van der Waals surface area contributed by atoms with Gasteiger partial charge in [0.2, 0.25) is 5.91 Å². The SMILES string of the molecule is CC(C)C[C@H](NC(=O)C(Cc1ccccc1)CP(C)(=O)O)C(=O)O. The Labute approximate surface area is 142 Å². The number of nitrogens with one attached hydrogen (secondary N) is 1. The Morgan fingerprint density at radius 1 is 1.21 bits per heavy atom. The van der Waals surface area contributed by atoms with E-state index in [1.807, 2.05) is 44.2 Å². The Morgan fingerprint density at radius 3 is 2.25 bits per heavy atom. The van der Waals surface area contributed by atoms with Crippen molar-refractivity contribution >= 4 is 19.2 Å². The Bertz CT molecular complexity index is 596. The highest BCUT2D eigenvalue weighted by Crippen LogP contribution is 2.38. The molecule has 3 atom stereocenters. The summed E-state index contributed by atoms with van der Waals surface area (Å²) in [6.45, 7) is 4.95. The van der Waals surface area contributed by atoms with Gasteiger partial charge in [-0.3, -0.25) is 9.36 Å². The first-order valence-electron chi connectivity index (χ1n) is 7.95. The monoisotopic (exact) mass is 355 g/mol. The first-order chi connectivity index (χ1) is 11.1. The van der Waals surface area contributed by atoms with Crippen LogP contribution < -0.4 is 5.32 Å². The molecule has 0 spiro atoms. The molecule has 3 N–H and O–H groups in total. The van der Waals surface area contributed by atoms with Crippen LogP contribution in [0.5, 0.6) is 0 Å². The molecule has 0 fully saturated rings. The van der Waals surface area contributed by atoms with Crippen LogP contribution >= 0.6 is 7.37 Å². The van der Waals surface area contributed by atoms with Crippen LogP contribution in [0.3, 0.4) is 0 Å². The zero-order chi connectivity index (χ0) is 18.3. The summed E-state index contributed by atoms with van der Waals surface area (Å²) in [5.74, 6) is -2.24. The molecule has 134 valence electrons. The van der Waals surface area contributed by atoms with Crippen LogP contribution in [0.15, 0.2) is 30.3 Å². The number of carboxylic acids is 1. The summed E-state index contributed by atoms with van der Waals surface area (Å²) in [5, 5.41) is 11.8. The van der Waals surface area contributed by atoms with Crippen molar-refractivity contribution in [3.63, 3.8) is 0 Å². The molecule has 24 heavy (non-hydrogen) atoms. The van der Waals surface area contributed by atoms with Crippen molar-refractivity contribution in [2.24, 2.45) is 11.8 Å². The first kappa shape index (κ1) is 20.4. The molecule has 1 amide bonds. The van der Waals surface area contributed by atoms with Crippen molar-refractivity contribution in [2.75, 3.05) is 12.8 Å². The van der Waals surface area contributed by atoms with Gasteiger partial charge in [0.05, 0.1) is 5.92 Å². The van der Waals surface area contributed by atoms with Gasteiger partial charge in [0.25, 0.3) is 0 Å². The number of hydrogen-bond donors (Lipinski definition) is 3. The minimum atomic E-state index is -3.42. The van der Waals surface area contributed by atoms with Gasteiger partial charge in [-0.1, -0.05) is 44.2 Å². The average Bonchev–Trinajstić information content (AvgIpc) is 2.45. The summed E-state index contributed by atoms with van der Waals surface area (Å²) < 4.78 is 11.8. The van der Waals surface area contributed by atoms with Gasteiger partial charge in [-0.25, -0.2) is 4.79 Å². The lowest BCUT2D eigenvalue weighted by Crippen LogP contribution is -2.45. The standard InChI is InChI=1S/C17H26NO5P/c1-12(2)9-15(17(20)21)18-16(19)14(11-24(3,22)23)10-13-7-5-4-6-8-13/h4-8,12,14-15H,9-11H2,1-3H3,(H,18,19)(H,20,21)(H,22,23)/t14?,15-/m0/s1. The third-order valence-corrected chi connectivity index (χ3v) is 4.69. The highest BCUT2D eigenvalue weighted by Gasteiger charge is 2.29.